The zero-order chi connectivity index (χ0) is 23.6. The number of Topliss-reactive ketones (excluding diaryl/α,β-unsaturated/α-hetero) is 1. The van der Waals surface area contributed by atoms with Crippen molar-refractivity contribution in [2.75, 3.05) is 6.61 Å². The van der Waals surface area contributed by atoms with Crippen molar-refractivity contribution in [1.29, 1.82) is 0 Å². The molecule has 0 saturated heterocycles. The van der Waals surface area contributed by atoms with Crippen LogP contribution in [0.4, 0.5) is 0 Å². The van der Waals surface area contributed by atoms with Crippen LogP contribution in [0, 0.1) is 0 Å². The summed E-state index contributed by atoms with van der Waals surface area (Å²) in [6, 6.07) is 24.4. The zero-order valence-corrected chi connectivity index (χ0v) is 18.6. The summed E-state index contributed by atoms with van der Waals surface area (Å²) in [6.07, 6.45) is 0. The lowest BCUT2D eigenvalue weighted by Gasteiger charge is -2.29. The summed E-state index contributed by atoms with van der Waals surface area (Å²) < 4.78 is 31.8. The van der Waals surface area contributed by atoms with Gasteiger partial charge in [-0.25, -0.2) is 0 Å². The lowest BCUT2D eigenvalue weighted by atomic mass is 9.76. The average Bonchev–Trinajstić information content (AvgIpc) is 2.84. The lowest BCUT2D eigenvalue weighted by Crippen LogP contribution is -2.38. The Balaban J connectivity index is 1.77. The lowest BCUT2D eigenvalue weighted by molar-refractivity contribution is 0.0840. The Morgan fingerprint density at radius 2 is 1.48 bits per heavy atom. The van der Waals surface area contributed by atoms with Crippen LogP contribution in [0.25, 0.3) is 10.8 Å². The van der Waals surface area contributed by atoms with Crippen LogP contribution in [0.5, 0.6) is 11.5 Å². The molecule has 2 N–H and O–H groups in total. The van der Waals surface area contributed by atoms with Gasteiger partial charge in [0.15, 0.2) is 17.3 Å². The van der Waals surface area contributed by atoms with Gasteiger partial charge < -0.3 is 10.2 Å². The fourth-order valence-electron chi connectivity index (χ4n) is 3.82. The Kier molecular flexibility index (Phi) is 5.93. The minimum absolute atomic E-state index is 0.0183. The van der Waals surface area contributed by atoms with E-state index < -0.39 is 39.4 Å². The molecule has 0 spiro atoms. The highest BCUT2D eigenvalue weighted by atomic mass is 32.2. The third kappa shape index (κ3) is 4.20. The van der Waals surface area contributed by atoms with Crippen LogP contribution in [0.15, 0.2) is 95.9 Å². The molecule has 0 aliphatic rings. The molecule has 4 aromatic rings. The van der Waals surface area contributed by atoms with Crippen LogP contribution in [-0.4, -0.2) is 31.0 Å². The molecule has 168 valence electrons. The maximum absolute atomic E-state index is 13.5. The van der Waals surface area contributed by atoms with E-state index >= 15 is 0 Å². The van der Waals surface area contributed by atoms with Crippen molar-refractivity contribution in [3.05, 3.63) is 102 Å². The molecular weight excluding hydrogens is 440 g/mol. The summed E-state index contributed by atoms with van der Waals surface area (Å²) in [4.78, 5) is 13.5. The van der Waals surface area contributed by atoms with E-state index in [0.29, 0.717) is 10.9 Å². The molecule has 33 heavy (non-hydrogen) atoms. The Hall–Kier alpha value is -3.68. The highest BCUT2D eigenvalue weighted by molar-refractivity contribution is 7.87. The minimum atomic E-state index is -4.26. The van der Waals surface area contributed by atoms with Crippen molar-refractivity contribution in [3.63, 3.8) is 0 Å². The third-order valence-corrected chi connectivity index (χ3v) is 6.99. The largest absolute Gasteiger partial charge is 0.504 e. The van der Waals surface area contributed by atoms with Crippen molar-refractivity contribution in [1.82, 2.24) is 0 Å². The summed E-state index contributed by atoms with van der Waals surface area (Å²) >= 11 is 0. The highest BCUT2D eigenvalue weighted by Gasteiger charge is 2.40. The maximum atomic E-state index is 13.5. The number of fused-ring (bicyclic) bond motifs is 1. The van der Waals surface area contributed by atoms with E-state index in [2.05, 4.69) is 0 Å². The smallest absolute Gasteiger partial charge is 0.297 e. The topological polar surface area (TPSA) is 101 Å². The molecule has 1 atom stereocenters. The molecule has 0 saturated carbocycles. The Labute approximate surface area is 191 Å². The molecule has 0 aliphatic carbocycles. The first-order valence-corrected chi connectivity index (χ1v) is 11.6. The number of hydrogen-bond acceptors (Lipinski definition) is 6. The van der Waals surface area contributed by atoms with E-state index in [-0.39, 0.29) is 10.5 Å². The average molecular weight is 463 g/mol. The minimum Gasteiger partial charge on any atom is -0.504 e. The van der Waals surface area contributed by atoms with Crippen LogP contribution in [0.1, 0.15) is 22.8 Å². The molecule has 4 aromatic carbocycles. The summed E-state index contributed by atoms with van der Waals surface area (Å²) in [6.45, 7) is 0.902. The maximum Gasteiger partial charge on any atom is 0.297 e. The van der Waals surface area contributed by atoms with Crippen LogP contribution in [-0.2, 0) is 19.7 Å². The Morgan fingerprint density at radius 3 is 2.24 bits per heavy atom. The number of benzene rings is 4. The van der Waals surface area contributed by atoms with E-state index in [1.807, 2.05) is 0 Å². The normalized spacial score (nSPS) is 13.5. The van der Waals surface area contributed by atoms with E-state index in [1.165, 1.54) is 31.2 Å². The zero-order valence-electron chi connectivity index (χ0n) is 17.8. The molecule has 0 radical (unpaired) electrons. The molecule has 0 fully saturated rings. The van der Waals surface area contributed by atoms with Crippen LogP contribution < -0.4 is 0 Å². The second-order valence-electron chi connectivity index (χ2n) is 7.89. The molecule has 0 amide bonds. The predicted octanol–water partition coefficient (Wildman–Crippen LogP) is 4.80. The van der Waals surface area contributed by atoms with Gasteiger partial charge in [0.05, 0.1) is 12.0 Å². The van der Waals surface area contributed by atoms with Gasteiger partial charge in [0.2, 0.25) is 0 Å². The number of carbonyl (C=O) groups excluding carboxylic acids is 1. The Morgan fingerprint density at radius 1 is 0.848 bits per heavy atom. The van der Waals surface area contributed by atoms with E-state index in [1.54, 1.807) is 66.7 Å². The third-order valence-electron chi connectivity index (χ3n) is 5.67. The van der Waals surface area contributed by atoms with Gasteiger partial charge in [-0.3, -0.25) is 8.98 Å². The number of aromatic hydroxyl groups is 2. The van der Waals surface area contributed by atoms with Gasteiger partial charge in [0.25, 0.3) is 10.1 Å². The molecule has 0 aromatic heterocycles. The standard InChI is InChI=1S/C26H22O6S/c1-26(21-14-8-15-22(27)24(21)28,25(29)19-10-3-2-4-11-19)17-32-33(30,31)23-16-7-12-18-9-5-6-13-20(18)23/h2-16,27-28H,17H2,1H3. The van der Waals surface area contributed by atoms with Crippen molar-refractivity contribution in [2.24, 2.45) is 0 Å². The first-order chi connectivity index (χ1) is 15.7. The molecule has 4 rings (SSSR count). The fourth-order valence-corrected chi connectivity index (χ4v) is 5.04. The van der Waals surface area contributed by atoms with Crippen molar-refractivity contribution in [3.8, 4) is 11.5 Å². The number of phenolic OH excluding ortho intramolecular Hbond substituents is 2. The van der Waals surface area contributed by atoms with Crippen molar-refractivity contribution < 1.29 is 27.6 Å². The molecule has 0 bridgehead atoms. The first kappa shape index (κ1) is 22.5. The molecule has 6 nitrogen and oxygen atoms in total. The van der Waals surface area contributed by atoms with Gasteiger partial charge in [-0.1, -0.05) is 78.9 Å². The highest BCUT2D eigenvalue weighted by Crippen LogP contribution is 2.40. The molecule has 1 unspecified atom stereocenters. The molecule has 7 heteroatoms. The van der Waals surface area contributed by atoms with Gasteiger partial charge in [-0.05, 0) is 24.4 Å². The monoisotopic (exact) mass is 462 g/mol. The second-order valence-corrected chi connectivity index (χ2v) is 9.48. The quantitative estimate of drug-likeness (QED) is 0.233. The van der Waals surface area contributed by atoms with E-state index in [0.717, 1.165) is 5.39 Å². The van der Waals surface area contributed by atoms with Gasteiger partial charge >= 0.3 is 0 Å². The number of hydrogen-bond donors (Lipinski definition) is 2. The molecule has 0 heterocycles. The number of para-hydroxylation sites is 1. The summed E-state index contributed by atoms with van der Waals surface area (Å²) in [5.74, 6) is -1.39. The van der Waals surface area contributed by atoms with Crippen molar-refractivity contribution in [2.45, 2.75) is 17.2 Å². The SMILES string of the molecule is CC(COS(=O)(=O)c1cccc2ccccc12)(C(=O)c1ccccc1)c1cccc(O)c1O. The fraction of sp³-hybridized carbons (Fsp3) is 0.115. The molecule has 0 aliphatic heterocycles. The van der Waals surface area contributed by atoms with Crippen LogP contribution in [0.2, 0.25) is 0 Å². The summed E-state index contributed by atoms with van der Waals surface area (Å²) in [5, 5.41) is 21.8. The van der Waals surface area contributed by atoms with Crippen molar-refractivity contribution >= 4 is 26.7 Å². The van der Waals surface area contributed by atoms with Crippen LogP contribution in [0.3, 0.4) is 0 Å². The van der Waals surface area contributed by atoms with Gasteiger partial charge in [-0.2, -0.15) is 8.42 Å². The predicted molar refractivity (Wildman–Crippen MR) is 125 cm³/mol. The summed E-state index contributed by atoms with van der Waals surface area (Å²) in [5.41, 5.74) is -1.24. The van der Waals surface area contributed by atoms with Crippen LogP contribution >= 0.6 is 0 Å². The number of carbonyl (C=O) groups is 1. The number of rotatable bonds is 7. The van der Waals surface area contributed by atoms with Gasteiger partial charge in [-0.15, -0.1) is 0 Å². The van der Waals surface area contributed by atoms with E-state index in [9.17, 15) is 23.4 Å². The summed E-state index contributed by atoms with van der Waals surface area (Å²) in [7, 11) is -4.26. The number of ketones is 1. The second kappa shape index (κ2) is 8.69. The first-order valence-electron chi connectivity index (χ1n) is 10.2. The van der Waals surface area contributed by atoms with Gasteiger partial charge in [0, 0.05) is 16.5 Å². The Bertz CT molecular complexity index is 1420. The van der Waals surface area contributed by atoms with Gasteiger partial charge in [0.1, 0.15) is 4.90 Å². The number of phenols is 2. The molecular formula is C26H22O6S. The van der Waals surface area contributed by atoms with E-state index in [4.69, 9.17) is 4.18 Å².